The summed E-state index contributed by atoms with van der Waals surface area (Å²) in [5.41, 5.74) is 2.08. The molecule has 0 radical (unpaired) electrons. The van der Waals surface area contributed by atoms with Crippen LogP contribution in [0.2, 0.25) is 0 Å². The Bertz CT molecular complexity index is 911. The number of nitrogens with one attached hydrogen (secondary N) is 2. The molecular formula is C23H24N2O3S. The number of rotatable bonds is 10. The molecule has 0 fully saturated rings. The largest absolute Gasteiger partial charge is 0.489 e. The fraction of sp³-hybridized carbons (Fsp3) is 0.217. The minimum atomic E-state index is -0.0880. The van der Waals surface area contributed by atoms with E-state index in [1.165, 1.54) is 11.3 Å². The predicted molar refractivity (Wildman–Crippen MR) is 115 cm³/mol. The van der Waals surface area contributed by atoms with Crippen LogP contribution in [-0.2, 0) is 17.9 Å². The van der Waals surface area contributed by atoms with Crippen LogP contribution < -0.4 is 15.4 Å². The van der Waals surface area contributed by atoms with E-state index in [0.717, 1.165) is 16.9 Å². The molecule has 0 aliphatic heterocycles. The summed E-state index contributed by atoms with van der Waals surface area (Å²) in [7, 11) is 0. The van der Waals surface area contributed by atoms with Gasteiger partial charge in [-0.2, -0.15) is 0 Å². The van der Waals surface area contributed by atoms with E-state index in [1.807, 2.05) is 66.0 Å². The van der Waals surface area contributed by atoms with Gasteiger partial charge in [0.05, 0.1) is 4.88 Å². The smallest absolute Gasteiger partial charge is 0.261 e. The Balaban J connectivity index is 1.35. The normalized spacial score (nSPS) is 10.3. The van der Waals surface area contributed by atoms with Gasteiger partial charge < -0.3 is 15.4 Å². The van der Waals surface area contributed by atoms with Gasteiger partial charge in [0.15, 0.2) is 0 Å². The van der Waals surface area contributed by atoms with Crippen molar-refractivity contribution < 1.29 is 14.3 Å². The number of ether oxygens (including phenoxy) is 1. The van der Waals surface area contributed by atoms with Crippen LogP contribution in [0, 0.1) is 0 Å². The summed E-state index contributed by atoms with van der Waals surface area (Å²) < 4.78 is 5.76. The summed E-state index contributed by atoms with van der Waals surface area (Å²) in [5, 5.41) is 7.62. The average molecular weight is 409 g/mol. The first-order valence-electron chi connectivity index (χ1n) is 9.55. The van der Waals surface area contributed by atoms with Crippen LogP contribution in [0.25, 0.3) is 0 Å². The highest BCUT2D eigenvalue weighted by atomic mass is 32.1. The average Bonchev–Trinajstić information content (AvgIpc) is 3.30. The van der Waals surface area contributed by atoms with Crippen LogP contribution in [0.5, 0.6) is 5.75 Å². The lowest BCUT2D eigenvalue weighted by Crippen LogP contribution is -2.27. The van der Waals surface area contributed by atoms with Gasteiger partial charge in [-0.15, -0.1) is 11.3 Å². The van der Waals surface area contributed by atoms with E-state index in [0.29, 0.717) is 37.4 Å². The van der Waals surface area contributed by atoms with Crippen LogP contribution in [0.3, 0.4) is 0 Å². The van der Waals surface area contributed by atoms with Gasteiger partial charge in [-0.05, 0) is 41.1 Å². The second-order valence-corrected chi connectivity index (χ2v) is 7.48. The Hall–Kier alpha value is -3.12. The minimum Gasteiger partial charge on any atom is -0.489 e. The third-order valence-corrected chi connectivity index (χ3v) is 5.11. The molecule has 0 bridgehead atoms. The number of amides is 2. The number of carbonyl (C=O) groups excluding carboxylic acids is 2. The molecule has 1 heterocycles. The van der Waals surface area contributed by atoms with Gasteiger partial charge in [-0.3, -0.25) is 9.59 Å². The van der Waals surface area contributed by atoms with Crippen LogP contribution >= 0.6 is 11.3 Å². The van der Waals surface area contributed by atoms with E-state index >= 15 is 0 Å². The molecule has 29 heavy (non-hydrogen) atoms. The van der Waals surface area contributed by atoms with Crippen molar-refractivity contribution in [3.8, 4) is 5.75 Å². The molecule has 0 aliphatic carbocycles. The first kappa shape index (κ1) is 20.6. The molecule has 0 saturated heterocycles. The number of thiophene rings is 1. The van der Waals surface area contributed by atoms with Crippen LogP contribution in [0.15, 0.2) is 72.1 Å². The molecule has 2 amide bonds. The van der Waals surface area contributed by atoms with Gasteiger partial charge in [-0.25, -0.2) is 0 Å². The standard InChI is InChI=1S/C23H24N2O3S/c26-22(12-5-13-24-23(27)21-11-6-14-29-21)25-16-18-7-4-8-19(15-18)17-28-20-9-2-1-3-10-20/h1-4,6-11,14-15H,5,12-13,16-17H2,(H,24,27)(H,25,26). The predicted octanol–water partition coefficient (Wildman–Crippen LogP) is 4.15. The molecule has 1 aromatic heterocycles. The molecule has 0 saturated carbocycles. The molecule has 0 spiro atoms. The molecule has 6 heteroatoms. The van der Waals surface area contributed by atoms with Gasteiger partial charge in [0.25, 0.3) is 5.91 Å². The Morgan fingerprint density at radius 1 is 0.897 bits per heavy atom. The summed E-state index contributed by atoms with van der Waals surface area (Å²) in [4.78, 5) is 24.6. The number of carbonyl (C=O) groups is 2. The molecule has 0 aliphatic rings. The van der Waals surface area contributed by atoms with Gasteiger partial charge in [0.2, 0.25) is 5.91 Å². The fourth-order valence-electron chi connectivity index (χ4n) is 2.75. The topological polar surface area (TPSA) is 67.4 Å². The summed E-state index contributed by atoms with van der Waals surface area (Å²) in [5.74, 6) is 0.716. The maximum Gasteiger partial charge on any atom is 0.261 e. The maximum absolute atomic E-state index is 12.0. The Kier molecular flexibility index (Phi) is 7.83. The lowest BCUT2D eigenvalue weighted by atomic mass is 10.1. The third-order valence-electron chi connectivity index (χ3n) is 4.24. The molecule has 2 N–H and O–H groups in total. The second kappa shape index (κ2) is 11.0. The number of hydrogen-bond acceptors (Lipinski definition) is 4. The zero-order chi connectivity index (χ0) is 20.3. The Morgan fingerprint density at radius 2 is 1.72 bits per heavy atom. The molecule has 0 unspecified atom stereocenters. The lowest BCUT2D eigenvalue weighted by Gasteiger charge is -2.09. The molecule has 5 nitrogen and oxygen atoms in total. The SMILES string of the molecule is O=C(CCCNC(=O)c1cccs1)NCc1cccc(COc2ccccc2)c1. The summed E-state index contributed by atoms with van der Waals surface area (Å²) in [6, 6.07) is 21.3. The van der Waals surface area contributed by atoms with Gasteiger partial charge in [-0.1, -0.05) is 48.5 Å². The first-order chi connectivity index (χ1) is 14.2. The third kappa shape index (κ3) is 7.08. The monoisotopic (exact) mass is 408 g/mol. The van der Waals surface area contributed by atoms with E-state index < -0.39 is 0 Å². The van der Waals surface area contributed by atoms with E-state index in [2.05, 4.69) is 10.6 Å². The van der Waals surface area contributed by atoms with Crippen LogP contribution in [0.1, 0.15) is 33.6 Å². The molecule has 2 aromatic carbocycles. The van der Waals surface area contributed by atoms with Crippen molar-refractivity contribution in [2.24, 2.45) is 0 Å². The summed E-state index contributed by atoms with van der Waals surface area (Å²) in [6.07, 6.45) is 0.982. The zero-order valence-electron chi connectivity index (χ0n) is 16.1. The second-order valence-electron chi connectivity index (χ2n) is 6.54. The summed E-state index contributed by atoms with van der Waals surface area (Å²) in [6.45, 7) is 1.44. The zero-order valence-corrected chi connectivity index (χ0v) is 16.9. The number of para-hydroxylation sites is 1. The molecule has 0 atom stereocenters. The van der Waals surface area contributed by atoms with Crippen molar-refractivity contribution >= 4 is 23.2 Å². The fourth-order valence-corrected chi connectivity index (χ4v) is 3.39. The van der Waals surface area contributed by atoms with Crippen LogP contribution in [0.4, 0.5) is 0 Å². The molecular weight excluding hydrogens is 384 g/mol. The molecule has 150 valence electrons. The first-order valence-corrected chi connectivity index (χ1v) is 10.4. The van der Waals surface area contributed by atoms with Gasteiger partial charge in [0.1, 0.15) is 12.4 Å². The summed E-state index contributed by atoms with van der Waals surface area (Å²) >= 11 is 1.40. The maximum atomic E-state index is 12.0. The minimum absolute atomic E-state index is 0.0266. The van der Waals surface area contributed by atoms with E-state index in [4.69, 9.17) is 4.74 Å². The van der Waals surface area contributed by atoms with Crippen LogP contribution in [-0.4, -0.2) is 18.4 Å². The highest BCUT2D eigenvalue weighted by Crippen LogP contribution is 2.13. The van der Waals surface area contributed by atoms with E-state index in [1.54, 1.807) is 6.07 Å². The number of benzene rings is 2. The van der Waals surface area contributed by atoms with Crippen molar-refractivity contribution in [3.05, 3.63) is 88.1 Å². The van der Waals surface area contributed by atoms with Gasteiger partial charge >= 0.3 is 0 Å². The highest BCUT2D eigenvalue weighted by Gasteiger charge is 2.06. The van der Waals surface area contributed by atoms with Crippen molar-refractivity contribution in [2.45, 2.75) is 26.0 Å². The van der Waals surface area contributed by atoms with Crippen molar-refractivity contribution in [1.29, 1.82) is 0 Å². The van der Waals surface area contributed by atoms with E-state index in [-0.39, 0.29) is 11.8 Å². The van der Waals surface area contributed by atoms with Crippen molar-refractivity contribution in [1.82, 2.24) is 10.6 Å². The van der Waals surface area contributed by atoms with Crippen molar-refractivity contribution in [3.63, 3.8) is 0 Å². The Morgan fingerprint density at radius 3 is 2.52 bits per heavy atom. The number of hydrogen-bond donors (Lipinski definition) is 2. The lowest BCUT2D eigenvalue weighted by molar-refractivity contribution is -0.121. The highest BCUT2D eigenvalue weighted by molar-refractivity contribution is 7.12. The molecule has 3 rings (SSSR count). The quantitative estimate of drug-likeness (QED) is 0.495. The van der Waals surface area contributed by atoms with Crippen molar-refractivity contribution in [2.75, 3.05) is 6.54 Å². The Labute approximate surface area is 174 Å². The molecule has 3 aromatic rings. The van der Waals surface area contributed by atoms with Gasteiger partial charge in [0, 0.05) is 19.5 Å². The van der Waals surface area contributed by atoms with E-state index in [9.17, 15) is 9.59 Å².